The van der Waals surface area contributed by atoms with Crippen LogP contribution in [0.4, 0.5) is 4.39 Å². The quantitative estimate of drug-likeness (QED) is 0.813. The van der Waals surface area contributed by atoms with Crippen LogP contribution >= 0.6 is 35.6 Å². The molecule has 3 N–H and O–H groups in total. The highest BCUT2D eigenvalue weighted by Crippen LogP contribution is 2.31. The Morgan fingerprint density at radius 3 is 2.24 bits per heavy atom. The van der Waals surface area contributed by atoms with E-state index in [0.29, 0.717) is 6.42 Å². The first-order valence-electron chi connectivity index (χ1n) is 6.11. The molecule has 21 heavy (non-hydrogen) atoms. The van der Waals surface area contributed by atoms with E-state index in [2.05, 4.69) is 0 Å². The molecule has 6 heteroatoms. The number of hydrogen-bond donors (Lipinski definition) is 2. The van der Waals surface area contributed by atoms with Crippen molar-refractivity contribution in [1.82, 2.24) is 0 Å². The lowest BCUT2D eigenvalue weighted by Gasteiger charge is -2.21. The van der Waals surface area contributed by atoms with Crippen LogP contribution in [0.5, 0.6) is 0 Å². The normalized spacial score (nSPS) is 13.4. The summed E-state index contributed by atoms with van der Waals surface area (Å²) < 4.78 is 14.0. The van der Waals surface area contributed by atoms with E-state index in [1.54, 1.807) is 0 Å². The molecule has 0 aliphatic heterocycles. The molecule has 2 atom stereocenters. The molecular formula is C15H15Cl3FNO. The molecule has 0 saturated carbocycles. The molecule has 2 aromatic carbocycles. The molecule has 2 aromatic rings. The Morgan fingerprint density at radius 2 is 1.62 bits per heavy atom. The zero-order valence-electron chi connectivity index (χ0n) is 11.0. The third-order valence-corrected chi connectivity index (χ3v) is 3.74. The highest BCUT2D eigenvalue weighted by molar-refractivity contribution is 6.33. The van der Waals surface area contributed by atoms with Crippen LogP contribution in [0, 0.1) is 5.82 Å². The summed E-state index contributed by atoms with van der Waals surface area (Å²) in [4.78, 5) is 0. The van der Waals surface area contributed by atoms with Crippen LogP contribution in [0.2, 0.25) is 10.0 Å². The Kier molecular flexibility index (Phi) is 6.91. The Labute approximate surface area is 139 Å². The summed E-state index contributed by atoms with van der Waals surface area (Å²) in [5, 5.41) is 10.3. The van der Waals surface area contributed by atoms with Crippen LogP contribution in [0.15, 0.2) is 42.5 Å². The first-order valence-corrected chi connectivity index (χ1v) is 6.87. The molecule has 0 aliphatic carbocycles. The van der Waals surface area contributed by atoms with Crippen molar-refractivity contribution in [3.05, 3.63) is 69.5 Å². The van der Waals surface area contributed by atoms with Gasteiger partial charge in [0.25, 0.3) is 0 Å². The smallest absolute Gasteiger partial charge is 0.148 e. The maximum atomic E-state index is 14.0. The van der Waals surface area contributed by atoms with E-state index in [4.69, 9.17) is 28.9 Å². The van der Waals surface area contributed by atoms with Gasteiger partial charge in [0, 0.05) is 17.0 Å². The molecule has 0 amide bonds. The lowest BCUT2D eigenvalue weighted by atomic mass is 9.96. The topological polar surface area (TPSA) is 46.2 Å². The van der Waals surface area contributed by atoms with Gasteiger partial charge in [-0.05, 0) is 17.7 Å². The molecule has 114 valence electrons. The van der Waals surface area contributed by atoms with E-state index in [9.17, 15) is 9.50 Å². The second-order valence-electron chi connectivity index (χ2n) is 4.54. The largest absolute Gasteiger partial charge is 0.391 e. The van der Waals surface area contributed by atoms with Crippen molar-refractivity contribution in [2.24, 2.45) is 5.73 Å². The Bertz CT molecular complexity index is 595. The van der Waals surface area contributed by atoms with Crippen LogP contribution in [0.3, 0.4) is 0 Å². The van der Waals surface area contributed by atoms with Crippen molar-refractivity contribution in [2.75, 3.05) is 0 Å². The molecule has 0 heterocycles. The molecule has 0 aromatic heterocycles. The summed E-state index contributed by atoms with van der Waals surface area (Å²) in [5.74, 6) is -0.682. The van der Waals surface area contributed by atoms with Gasteiger partial charge in [0.05, 0.1) is 17.2 Å². The van der Waals surface area contributed by atoms with Gasteiger partial charge in [-0.3, -0.25) is 0 Å². The standard InChI is InChI=1S/C15H14Cl2FNO.ClH/c16-10-6-7-11(17)14(18)13(10)15(19)12(20)8-9-4-2-1-3-5-9;/h1-7,12,15,20H,8,19H2;1H/t12-,15-;/m1./s1. The lowest BCUT2D eigenvalue weighted by Crippen LogP contribution is -2.29. The Morgan fingerprint density at radius 1 is 1.05 bits per heavy atom. The Hall–Kier alpha value is -0.840. The molecule has 0 unspecified atom stereocenters. The van der Waals surface area contributed by atoms with Gasteiger partial charge < -0.3 is 10.8 Å². The molecular weight excluding hydrogens is 336 g/mol. The number of nitrogens with two attached hydrogens (primary N) is 1. The van der Waals surface area contributed by atoms with Crippen molar-refractivity contribution >= 4 is 35.6 Å². The summed E-state index contributed by atoms with van der Waals surface area (Å²) in [6.45, 7) is 0. The molecule has 2 rings (SSSR count). The third-order valence-electron chi connectivity index (χ3n) is 3.11. The highest BCUT2D eigenvalue weighted by Gasteiger charge is 2.24. The fourth-order valence-corrected chi connectivity index (χ4v) is 2.46. The summed E-state index contributed by atoms with van der Waals surface area (Å²) in [6.07, 6.45) is -0.646. The average molecular weight is 351 g/mol. The number of benzene rings is 2. The Balaban J connectivity index is 0.00000220. The van der Waals surface area contributed by atoms with Gasteiger partial charge in [-0.15, -0.1) is 12.4 Å². The first-order chi connectivity index (χ1) is 9.50. The third kappa shape index (κ3) is 4.31. The van der Waals surface area contributed by atoms with Crippen LogP contribution in [0.1, 0.15) is 17.2 Å². The van der Waals surface area contributed by atoms with Crippen molar-refractivity contribution in [3.63, 3.8) is 0 Å². The van der Waals surface area contributed by atoms with Crippen LogP contribution in [-0.2, 0) is 6.42 Å². The molecule has 2 nitrogen and oxygen atoms in total. The molecule has 0 fully saturated rings. The summed E-state index contributed by atoms with van der Waals surface area (Å²) in [7, 11) is 0. The van der Waals surface area contributed by atoms with Gasteiger partial charge in [-0.25, -0.2) is 4.39 Å². The van der Waals surface area contributed by atoms with E-state index in [1.807, 2.05) is 30.3 Å². The van der Waals surface area contributed by atoms with Crippen LogP contribution in [-0.4, -0.2) is 11.2 Å². The second-order valence-corrected chi connectivity index (χ2v) is 5.35. The predicted octanol–water partition coefficient (Wildman–Crippen LogP) is 4.16. The van der Waals surface area contributed by atoms with Crippen molar-refractivity contribution in [3.8, 4) is 0 Å². The zero-order chi connectivity index (χ0) is 14.7. The maximum absolute atomic E-state index is 14.0. The molecule has 0 aliphatic rings. The number of hydrogen-bond acceptors (Lipinski definition) is 2. The zero-order valence-corrected chi connectivity index (χ0v) is 13.3. The fraction of sp³-hybridized carbons (Fsp3) is 0.200. The van der Waals surface area contributed by atoms with Gasteiger partial charge in [0.15, 0.2) is 0 Å². The first kappa shape index (κ1) is 18.2. The SMILES string of the molecule is Cl.N[C@@H](c1c(Cl)ccc(Cl)c1F)[C@H](O)Cc1ccccc1. The number of aliphatic hydroxyl groups excluding tert-OH is 1. The second kappa shape index (κ2) is 7.97. The highest BCUT2D eigenvalue weighted by atomic mass is 35.5. The van der Waals surface area contributed by atoms with Gasteiger partial charge in [-0.2, -0.15) is 0 Å². The van der Waals surface area contributed by atoms with E-state index < -0.39 is 18.0 Å². The van der Waals surface area contributed by atoms with E-state index in [0.717, 1.165) is 5.56 Å². The van der Waals surface area contributed by atoms with E-state index >= 15 is 0 Å². The van der Waals surface area contributed by atoms with Gasteiger partial charge in [0.2, 0.25) is 0 Å². The summed E-state index contributed by atoms with van der Waals surface area (Å²) in [6, 6.07) is 11.2. The fourth-order valence-electron chi connectivity index (χ4n) is 2.02. The molecule has 0 radical (unpaired) electrons. The monoisotopic (exact) mass is 349 g/mol. The minimum Gasteiger partial charge on any atom is -0.391 e. The van der Waals surface area contributed by atoms with Crippen molar-refractivity contribution in [2.45, 2.75) is 18.6 Å². The van der Waals surface area contributed by atoms with Gasteiger partial charge in [-0.1, -0.05) is 53.5 Å². The summed E-state index contributed by atoms with van der Waals surface area (Å²) >= 11 is 11.7. The van der Waals surface area contributed by atoms with Crippen molar-refractivity contribution < 1.29 is 9.50 Å². The molecule has 0 saturated heterocycles. The van der Waals surface area contributed by atoms with Crippen LogP contribution < -0.4 is 5.73 Å². The van der Waals surface area contributed by atoms with Crippen molar-refractivity contribution in [1.29, 1.82) is 0 Å². The van der Waals surface area contributed by atoms with E-state index in [1.165, 1.54) is 12.1 Å². The van der Waals surface area contributed by atoms with Gasteiger partial charge >= 0.3 is 0 Å². The van der Waals surface area contributed by atoms with E-state index in [-0.39, 0.29) is 28.0 Å². The number of halogens is 4. The summed E-state index contributed by atoms with van der Waals surface area (Å²) in [5.41, 5.74) is 6.88. The molecule has 0 spiro atoms. The minimum absolute atomic E-state index is 0. The van der Waals surface area contributed by atoms with Crippen LogP contribution in [0.25, 0.3) is 0 Å². The lowest BCUT2D eigenvalue weighted by molar-refractivity contribution is 0.143. The number of aliphatic hydroxyl groups is 1. The average Bonchev–Trinajstić information content (AvgIpc) is 2.44. The maximum Gasteiger partial charge on any atom is 0.148 e. The predicted molar refractivity (Wildman–Crippen MR) is 86.7 cm³/mol. The molecule has 0 bridgehead atoms. The van der Waals surface area contributed by atoms with Gasteiger partial charge in [0.1, 0.15) is 5.82 Å². The number of rotatable bonds is 4. The minimum atomic E-state index is -0.956.